The molecular weight excluding hydrogens is 300 g/mol. The molecule has 3 heteroatoms. The van der Waals surface area contributed by atoms with E-state index in [2.05, 4.69) is 28.1 Å². The van der Waals surface area contributed by atoms with Gasteiger partial charge in [-0.3, -0.25) is 0 Å². The van der Waals surface area contributed by atoms with Gasteiger partial charge in [0.05, 0.1) is 11.2 Å². The maximum atomic E-state index is 6.37. The van der Waals surface area contributed by atoms with Gasteiger partial charge in [0.2, 0.25) is 0 Å². The van der Waals surface area contributed by atoms with Gasteiger partial charge in [0, 0.05) is 15.9 Å². The average Bonchev–Trinajstić information content (AvgIpc) is 2.90. The first-order chi connectivity index (χ1) is 9.24. The Morgan fingerprint density at radius 2 is 2.00 bits per heavy atom. The zero-order chi connectivity index (χ0) is 13.2. The summed E-state index contributed by atoms with van der Waals surface area (Å²) in [5.41, 5.74) is 8.41. The van der Waals surface area contributed by atoms with Gasteiger partial charge in [-0.15, -0.1) is 0 Å². The summed E-state index contributed by atoms with van der Waals surface area (Å²) >= 11 is 3.62. The second-order valence-corrected chi connectivity index (χ2v) is 6.40. The van der Waals surface area contributed by atoms with Crippen LogP contribution in [0, 0.1) is 5.92 Å². The van der Waals surface area contributed by atoms with E-state index in [-0.39, 0.29) is 6.04 Å². The highest BCUT2D eigenvalue weighted by Gasteiger charge is 2.21. The Balaban J connectivity index is 1.88. The topological polar surface area (TPSA) is 38.9 Å². The molecule has 2 N–H and O–H groups in total. The minimum absolute atomic E-state index is 0.0436. The summed E-state index contributed by atoms with van der Waals surface area (Å²) in [6.07, 6.45) is 6.45. The molecule has 2 aromatic rings. The predicted molar refractivity (Wildman–Crippen MR) is 82.9 cm³/mol. The van der Waals surface area contributed by atoms with E-state index in [1.165, 1.54) is 25.7 Å². The minimum Gasteiger partial charge on any atom is -0.323 e. The van der Waals surface area contributed by atoms with E-state index in [9.17, 15) is 0 Å². The number of para-hydroxylation sites is 1. The number of nitrogens with two attached hydrogens (primary N) is 1. The van der Waals surface area contributed by atoms with E-state index in [4.69, 9.17) is 10.7 Å². The lowest BCUT2D eigenvalue weighted by Gasteiger charge is -2.17. The Hall–Kier alpha value is -0.930. The number of fused-ring (bicyclic) bond motifs is 1. The molecule has 1 fully saturated rings. The second-order valence-electron chi connectivity index (χ2n) is 5.54. The zero-order valence-electron chi connectivity index (χ0n) is 11.0. The molecule has 1 aromatic carbocycles. The van der Waals surface area contributed by atoms with Gasteiger partial charge < -0.3 is 5.73 Å². The van der Waals surface area contributed by atoms with Crippen LogP contribution in [0.15, 0.2) is 34.8 Å². The highest BCUT2D eigenvalue weighted by atomic mass is 79.9. The predicted octanol–water partition coefficient (Wildman–Crippen LogP) is 4.58. The monoisotopic (exact) mass is 318 g/mol. The molecule has 1 aromatic heterocycles. The van der Waals surface area contributed by atoms with Crippen molar-refractivity contribution in [1.29, 1.82) is 0 Å². The largest absolute Gasteiger partial charge is 0.323 e. The lowest BCUT2D eigenvalue weighted by Crippen LogP contribution is -2.16. The van der Waals surface area contributed by atoms with Crippen LogP contribution in [-0.2, 0) is 0 Å². The molecule has 1 atom stereocenters. The Bertz CT molecular complexity index is 576. The molecule has 0 aliphatic heterocycles. The van der Waals surface area contributed by atoms with Crippen molar-refractivity contribution in [2.24, 2.45) is 11.7 Å². The molecule has 3 rings (SSSR count). The van der Waals surface area contributed by atoms with Crippen LogP contribution in [-0.4, -0.2) is 4.98 Å². The Labute approximate surface area is 122 Å². The highest BCUT2D eigenvalue weighted by Crippen LogP contribution is 2.34. The van der Waals surface area contributed by atoms with Crippen molar-refractivity contribution in [3.8, 4) is 0 Å². The smallest absolute Gasteiger partial charge is 0.0720 e. The standard InChI is InChI=1S/C16H19BrN2/c17-13-10-12-7-3-4-8-15(12)19-16(13)14(18)9-11-5-1-2-6-11/h3-4,7-8,10-11,14H,1-2,5-6,9,18H2. The molecule has 0 amide bonds. The van der Waals surface area contributed by atoms with Gasteiger partial charge in [0.25, 0.3) is 0 Å². The Morgan fingerprint density at radius 1 is 1.26 bits per heavy atom. The van der Waals surface area contributed by atoms with Gasteiger partial charge in [-0.2, -0.15) is 0 Å². The fourth-order valence-corrected chi connectivity index (χ4v) is 3.71. The average molecular weight is 319 g/mol. The second kappa shape index (κ2) is 5.59. The number of hydrogen-bond acceptors (Lipinski definition) is 2. The van der Waals surface area contributed by atoms with Crippen molar-refractivity contribution in [2.45, 2.75) is 38.1 Å². The van der Waals surface area contributed by atoms with Crippen LogP contribution in [0.1, 0.15) is 43.8 Å². The molecule has 2 nitrogen and oxygen atoms in total. The first-order valence-corrected chi connectivity index (χ1v) is 7.84. The molecule has 100 valence electrons. The number of halogens is 1. The maximum Gasteiger partial charge on any atom is 0.0720 e. The van der Waals surface area contributed by atoms with Gasteiger partial charge in [-0.1, -0.05) is 43.9 Å². The summed E-state index contributed by atoms with van der Waals surface area (Å²) in [7, 11) is 0. The fourth-order valence-electron chi connectivity index (χ4n) is 3.08. The molecule has 0 spiro atoms. The summed E-state index contributed by atoms with van der Waals surface area (Å²) in [5, 5.41) is 1.16. The number of hydrogen-bond donors (Lipinski definition) is 1. The van der Waals surface area contributed by atoms with E-state index in [1.54, 1.807) is 0 Å². The number of rotatable bonds is 3. The van der Waals surface area contributed by atoms with Gasteiger partial charge in [0.1, 0.15) is 0 Å². The van der Waals surface area contributed by atoms with E-state index < -0.39 is 0 Å². The highest BCUT2D eigenvalue weighted by molar-refractivity contribution is 9.10. The summed E-state index contributed by atoms with van der Waals surface area (Å²) in [6, 6.07) is 10.4. The summed E-state index contributed by atoms with van der Waals surface area (Å²) in [4.78, 5) is 4.74. The minimum atomic E-state index is 0.0436. The number of benzene rings is 1. The van der Waals surface area contributed by atoms with Crippen LogP contribution in [0.25, 0.3) is 10.9 Å². The van der Waals surface area contributed by atoms with Crippen LogP contribution >= 0.6 is 15.9 Å². The molecule has 1 aliphatic carbocycles. The molecule has 1 unspecified atom stereocenters. The SMILES string of the molecule is NC(CC1CCCC1)c1nc2ccccc2cc1Br. The molecule has 0 saturated heterocycles. The van der Waals surface area contributed by atoms with Gasteiger partial charge in [0.15, 0.2) is 0 Å². The van der Waals surface area contributed by atoms with Crippen LogP contribution in [0.2, 0.25) is 0 Å². The van der Waals surface area contributed by atoms with E-state index in [1.807, 2.05) is 18.2 Å². The van der Waals surface area contributed by atoms with Crippen LogP contribution in [0.4, 0.5) is 0 Å². The number of pyridine rings is 1. The lowest BCUT2D eigenvalue weighted by molar-refractivity contribution is 0.445. The number of aromatic nitrogens is 1. The molecule has 1 saturated carbocycles. The van der Waals surface area contributed by atoms with E-state index in [0.717, 1.165) is 33.4 Å². The quantitative estimate of drug-likeness (QED) is 0.899. The molecule has 1 aliphatic rings. The molecular formula is C16H19BrN2. The molecule has 0 radical (unpaired) electrons. The Morgan fingerprint density at radius 3 is 2.79 bits per heavy atom. The van der Waals surface area contributed by atoms with Gasteiger partial charge in [-0.25, -0.2) is 4.98 Å². The third-order valence-corrected chi connectivity index (χ3v) is 4.75. The van der Waals surface area contributed by atoms with Crippen molar-refractivity contribution >= 4 is 26.8 Å². The molecule has 19 heavy (non-hydrogen) atoms. The van der Waals surface area contributed by atoms with Crippen LogP contribution < -0.4 is 5.73 Å². The van der Waals surface area contributed by atoms with Crippen molar-refractivity contribution in [2.75, 3.05) is 0 Å². The van der Waals surface area contributed by atoms with Crippen LogP contribution in [0.5, 0.6) is 0 Å². The third-order valence-electron chi connectivity index (χ3n) is 4.12. The number of nitrogens with zero attached hydrogens (tertiary/aromatic N) is 1. The normalized spacial score (nSPS) is 18.0. The van der Waals surface area contributed by atoms with Crippen molar-refractivity contribution in [1.82, 2.24) is 4.98 Å². The lowest BCUT2D eigenvalue weighted by atomic mass is 9.96. The van der Waals surface area contributed by atoms with Crippen molar-refractivity contribution in [3.63, 3.8) is 0 Å². The molecule has 0 bridgehead atoms. The van der Waals surface area contributed by atoms with E-state index >= 15 is 0 Å². The summed E-state index contributed by atoms with van der Waals surface area (Å²) in [6.45, 7) is 0. The van der Waals surface area contributed by atoms with Crippen molar-refractivity contribution < 1.29 is 0 Å². The molecule has 1 heterocycles. The van der Waals surface area contributed by atoms with E-state index in [0.29, 0.717) is 0 Å². The van der Waals surface area contributed by atoms with Crippen LogP contribution in [0.3, 0.4) is 0 Å². The maximum absolute atomic E-state index is 6.37. The summed E-state index contributed by atoms with van der Waals surface area (Å²) < 4.78 is 1.04. The Kier molecular flexibility index (Phi) is 3.85. The first kappa shape index (κ1) is 13.1. The fraction of sp³-hybridized carbons (Fsp3) is 0.438. The zero-order valence-corrected chi connectivity index (χ0v) is 12.6. The third kappa shape index (κ3) is 2.82. The van der Waals surface area contributed by atoms with Crippen molar-refractivity contribution in [3.05, 3.63) is 40.5 Å². The van der Waals surface area contributed by atoms with Gasteiger partial charge in [-0.05, 0) is 40.4 Å². The first-order valence-electron chi connectivity index (χ1n) is 7.05. The van der Waals surface area contributed by atoms with Gasteiger partial charge >= 0.3 is 0 Å². The summed E-state index contributed by atoms with van der Waals surface area (Å²) in [5.74, 6) is 0.787.